The van der Waals surface area contributed by atoms with Crippen LogP contribution < -0.4 is 16.2 Å². The highest BCUT2D eigenvalue weighted by molar-refractivity contribution is 7.99. The van der Waals surface area contributed by atoms with Gasteiger partial charge in [-0.2, -0.15) is 5.10 Å². The minimum Gasteiger partial charge on any atom is -0.348 e. The van der Waals surface area contributed by atoms with E-state index in [1.165, 1.54) is 12.1 Å². The number of rotatable bonds is 3. The van der Waals surface area contributed by atoms with Gasteiger partial charge in [0.1, 0.15) is 5.69 Å². The van der Waals surface area contributed by atoms with E-state index < -0.39 is 0 Å². The monoisotopic (exact) mass is 337 g/mol. The third-order valence-corrected chi connectivity index (χ3v) is 5.01. The number of nitrogens with one attached hydrogen (secondary N) is 3. The van der Waals surface area contributed by atoms with Crippen molar-refractivity contribution in [2.45, 2.75) is 24.9 Å². The fraction of sp³-hybridized carbons (Fsp3) is 0.571. The summed E-state index contributed by atoms with van der Waals surface area (Å²) in [6.45, 7) is 1.29. The zero-order valence-electron chi connectivity index (χ0n) is 12.6. The van der Waals surface area contributed by atoms with Gasteiger partial charge in [0.25, 0.3) is 11.5 Å². The Hall–Kier alpha value is -1.87. The van der Waals surface area contributed by atoms with Crippen LogP contribution in [-0.2, 0) is 4.79 Å². The zero-order chi connectivity index (χ0) is 16.2. The topological polar surface area (TPSA) is 107 Å². The van der Waals surface area contributed by atoms with Gasteiger partial charge in [0.2, 0.25) is 5.91 Å². The molecule has 1 unspecified atom stereocenters. The van der Waals surface area contributed by atoms with Gasteiger partial charge in [-0.25, -0.2) is 5.10 Å². The van der Waals surface area contributed by atoms with E-state index in [-0.39, 0.29) is 35.2 Å². The molecule has 23 heavy (non-hydrogen) atoms. The molecule has 2 aliphatic heterocycles. The van der Waals surface area contributed by atoms with Crippen molar-refractivity contribution in [3.05, 3.63) is 28.2 Å². The SMILES string of the molecule is O=C(NC1CCN(C(=O)C2CSCN2)CC1)c1ccc(=O)[nH]n1. The van der Waals surface area contributed by atoms with Crippen molar-refractivity contribution in [2.24, 2.45) is 0 Å². The van der Waals surface area contributed by atoms with Crippen molar-refractivity contribution in [2.75, 3.05) is 24.7 Å². The number of carbonyl (C=O) groups is 2. The van der Waals surface area contributed by atoms with Crippen molar-refractivity contribution in [3.63, 3.8) is 0 Å². The standard InChI is InChI=1S/C14H19N5O3S/c20-12-2-1-10(17-18-12)13(21)16-9-3-5-19(6-4-9)14(22)11-7-23-8-15-11/h1-2,9,11,15H,3-8H2,(H,16,21)(H,18,20). The molecule has 3 heterocycles. The Morgan fingerprint density at radius 1 is 1.30 bits per heavy atom. The number of amides is 2. The zero-order valence-corrected chi connectivity index (χ0v) is 13.4. The second-order valence-electron chi connectivity index (χ2n) is 5.65. The number of nitrogens with zero attached hydrogens (tertiary/aromatic N) is 2. The van der Waals surface area contributed by atoms with E-state index in [2.05, 4.69) is 20.8 Å². The largest absolute Gasteiger partial charge is 0.348 e. The molecule has 1 atom stereocenters. The average molecular weight is 337 g/mol. The van der Waals surface area contributed by atoms with E-state index >= 15 is 0 Å². The van der Waals surface area contributed by atoms with Gasteiger partial charge in [-0.3, -0.25) is 19.7 Å². The van der Waals surface area contributed by atoms with Crippen LogP contribution in [-0.4, -0.2) is 63.7 Å². The average Bonchev–Trinajstić information content (AvgIpc) is 3.10. The fourth-order valence-electron chi connectivity index (χ4n) is 2.75. The molecule has 2 fully saturated rings. The van der Waals surface area contributed by atoms with Gasteiger partial charge in [0.15, 0.2) is 0 Å². The molecule has 2 saturated heterocycles. The molecule has 3 N–H and O–H groups in total. The van der Waals surface area contributed by atoms with Crippen LogP contribution in [0.4, 0.5) is 0 Å². The van der Waals surface area contributed by atoms with Crippen LogP contribution in [0.5, 0.6) is 0 Å². The van der Waals surface area contributed by atoms with E-state index in [1.807, 2.05) is 4.90 Å². The Morgan fingerprint density at radius 2 is 2.09 bits per heavy atom. The number of likely N-dealkylation sites (tertiary alicyclic amines) is 1. The Bertz CT molecular complexity index is 615. The summed E-state index contributed by atoms with van der Waals surface area (Å²) < 4.78 is 0. The lowest BCUT2D eigenvalue weighted by atomic mass is 10.0. The van der Waals surface area contributed by atoms with Gasteiger partial charge in [0, 0.05) is 36.8 Å². The second kappa shape index (κ2) is 7.14. The molecule has 0 bridgehead atoms. The van der Waals surface area contributed by atoms with Crippen molar-refractivity contribution < 1.29 is 9.59 Å². The quantitative estimate of drug-likeness (QED) is 0.663. The third kappa shape index (κ3) is 3.91. The number of hydrogen-bond donors (Lipinski definition) is 3. The molecule has 0 saturated carbocycles. The van der Waals surface area contributed by atoms with Crippen LogP contribution in [0.1, 0.15) is 23.3 Å². The highest BCUT2D eigenvalue weighted by atomic mass is 32.2. The molecule has 124 valence electrons. The lowest BCUT2D eigenvalue weighted by molar-refractivity contribution is -0.133. The molecule has 2 aliphatic rings. The molecule has 0 radical (unpaired) electrons. The number of aromatic amines is 1. The molecule has 1 aromatic rings. The molecule has 8 nitrogen and oxygen atoms in total. The molecular formula is C14H19N5O3S. The Kier molecular flexibility index (Phi) is 4.97. The van der Waals surface area contributed by atoms with E-state index in [0.29, 0.717) is 13.1 Å². The molecule has 0 aliphatic carbocycles. The summed E-state index contributed by atoms with van der Waals surface area (Å²) in [6.07, 6.45) is 1.45. The van der Waals surface area contributed by atoms with E-state index in [1.54, 1.807) is 11.8 Å². The first-order chi connectivity index (χ1) is 11.1. The van der Waals surface area contributed by atoms with Gasteiger partial charge >= 0.3 is 0 Å². The van der Waals surface area contributed by atoms with E-state index in [9.17, 15) is 14.4 Å². The first kappa shape index (κ1) is 16.0. The summed E-state index contributed by atoms with van der Waals surface area (Å²) in [7, 11) is 0. The van der Waals surface area contributed by atoms with Crippen molar-refractivity contribution >= 4 is 23.6 Å². The maximum Gasteiger partial charge on any atom is 0.271 e. The number of hydrogen-bond acceptors (Lipinski definition) is 6. The number of piperidine rings is 1. The Morgan fingerprint density at radius 3 is 2.70 bits per heavy atom. The minimum absolute atomic E-state index is 0.0196. The molecule has 0 aromatic carbocycles. The predicted molar refractivity (Wildman–Crippen MR) is 86.2 cm³/mol. The van der Waals surface area contributed by atoms with Crippen LogP contribution >= 0.6 is 11.8 Å². The van der Waals surface area contributed by atoms with Gasteiger partial charge in [-0.05, 0) is 18.9 Å². The number of carbonyl (C=O) groups excluding carboxylic acids is 2. The second-order valence-corrected chi connectivity index (χ2v) is 6.68. The number of thioether (sulfide) groups is 1. The third-order valence-electron chi connectivity index (χ3n) is 4.07. The van der Waals surface area contributed by atoms with Gasteiger partial charge in [-0.15, -0.1) is 11.8 Å². The first-order valence-electron chi connectivity index (χ1n) is 7.60. The summed E-state index contributed by atoms with van der Waals surface area (Å²) >= 11 is 1.73. The summed E-state index contributed by atoms with van der Waals surface area (Å²) in [4.78, 5) is 37.2. The lowest BCUT2D eigenvalue weighted by Crippen LogP contribution is -2.51. The van der Waals surface area contributed by atoms with Crippen LogP contribution in [0.15, 0.2) is 16.9 Å². The van der Waals surface area contributed by atoms with Crippen molar-refractivity contribution in [3.8, 4) is 0 Å². The van der Waals surface area contributed by atoms with Gasteiger partial charge in [0.05, 0.1) is 6.04 Å². The first-order valence-corrected chi connectivity index (χ1v) is 8.75. The Labute approximate surface area is 137 Å². The van der Waals surface area contributed by atoms with Crippen LogP contribution in [0, 0.1) is 0 Å². The maximum absolute atomic E-state index is 12.3. The van der Waals surface area contributed by atoms with Gasteiger partial charge < -0.3 is 10.2 Å². The highest BCUT2D eigenvalue weighted by Gasteiger charge is 2.30. The van der Waals surface area contributed by atoms with E-state index in [0.717, 1.165) is 24.5 Å². The lowest BCUT2D eigenvalue weighted by Gasteiger charge is -2.33. The highest BCUT2D eigenvalue weighted by Crippen LogP contribution is 2.16. The van der Waals surface area contributed by atoms with Crippen LogP contribution in [0.2, 0.25) is 0 Å². The molecule has 1 aromatic heterocycles. The fourth-order valence-corrected chi connectivity index (χ4v) is 3.68. The predicted octanol–water partition coefficient (Wildman–Crippen LogP) is -0.847. The summed E-state index contributed by atoms with van der Waals surface area (Å²) in [5, 5.41) is 12.0. The molecule has 2 amide bonds. The van der Waals surface area contributed by atoms with Crippen molar-refractivity contribution in [1.82, 2.24) is 25.7 Å². The van der Waals surface area contributed by atoms with Crippen molar-refractivity contribution in [1.29, 1.82) is 0 Å². The van der Waals surface area contributed by atoms with Crippen LogP contribution in [0.25, 0.3) is 0 Å². The molecule has 0 spiro atoms. The Balaban J connectivity index is 1.49. The van der Waals surface area contributed by atoms with Crippen LogP contribution in [0.3, 0.4) is 0 Å². The normalized spacial score (nSPS) is 22.1. The number of H-pyrrole nitrogens is 1. The molecule has 3 rings (SSSR count). The molecular weight excluding hydrogens is 318 g/mol. The summed E-state index contributed by atoms with van der Waals surface area (Å²) in [6, 6.07) is 2.62. The van der Waals surface area contributed by atoms with Gasteiger partial charge in [-0.1, -0.05) is 0 Å². The smallest absolute Gasteiger partial charge is 0.271 e. The van der Waals surface area contributed by atoms with E-state index in [4.69, 9.17) is 0 Å². The summed E-state index contributed by atoms with van der Waals surface area (Å²) in [5.74, 6) is 1.50. The molecule has 9 heteroatoms. The summed E-state index contributed by atoms with van der Waals surface area (Å²) in [5.41, 5.74) is -0.151. The minimum atomic E-state index is -0.341. The maximum atomic E-state index is 12.3. The number of aromatic nitrogens is 2.